The van der Waals surface area contributed by atoms with Crippen LogP contribution in [0.3, 0.4) is 0 Å². The first kappa shape index (κ1) is 10.4. The van der Waals surface area contributed by atoms with Gasteiger partial charge in [0.25, 0.3) is 0 Å². The monoisotopic (exact) mass is 215 g/mol. The Kier molecular flexibility index (Phi) is 3.00. The molecule has 0 aliphatic rings. The molecule has 0 aliphatic heterocycles. The number of pyridine rings is 1. The third-order valence-electron chi connectivity index (χ3n) is 2.35. The van der Waals surface area contributed by atoms with E-state index in [1.807, 2.05) is 30.3 Å². The van der Waals surface area contributed by atoms with Crippen molar-refractivity contribution in [2.45, 2.75) is 6.54 Å². The molecule has 0 unspecified atom stereocenters. The first-order valence-corrected chi connectivity index (χ1v) is 5.09. The van der Waals surface area contributed by atoms with Crippen molar-refractivity contribution in [2.24, 2.45) is 0 Å². The summed E-state index contributed by atoms with van der Waals surface area (Å²) in [5.41, 5.74) is 2.02. The molecule has 0 radical (unpaired) electrons. The lowest BCUT2D eigenvalue weighted by atomic mass is 10.1. The Hall–Kier alpha value is -2.10. The maximum Gasteiger partial charge on any atom is 0.314 e. The third-order valence-corrected chi connectivity index (χ3v) is 2.35. The highest BCUT2D eigenvalue weighted by atomic mass is 16.2. The van der Waals surface area contributed by atoms with Gasteiger partial charge < -0.3 is 10.6 Å². The Balaban J connectivity index is 2.16. The van der Waals surface area contributed by atoms with Crippen molar-refractivity contribution in [3.8, 4) is 0 Å². The van der Waals surface area contributed by atoms with Crippen LogP contribution in [0.1, 0.15) is 5.56 Å². The fourth-order valence-electron chi connectivity index (χ4n) is 1.51. The smallest absolute Gasteiger partial charge is 0.314 e. The van der Waals surface area contributed by atoms with Gasteiger partial charge in [0.15, 0.2) is 0 Å². The number of amides is 2. The minimum absolute atomic E-state index is 0.175. The highest BCUT2D eigenvalue weighted by Crippen LogP contribution is 2.12. The van der Waals surface area contributed by atoms with E-state index in [0.717, 1.165) is 16.5 Å². The van der Waals surface area contributed by atoms with E-state index in [0.29, 0.717) is 6.54 Å². The van der Waals surface area contributed by atoms with Crippen LogP contribution in [0, 0.1) is 0 Å². The van der Waals surface area contributed by atoms with Crippen molar-refractivity contribution < 1.29 is 4.79 Å². The van der Waals surface area contributed by atoms with Crippen LogP contribution in [-0.2, 0) is 6.54 Å². The van der Waals surface area contributed by atoms with Gasteiger partial charge in [-0.3, -0.25) is 4.98 Å². The molecule has 4 nitrogen and oxygen atoms in total. The molecule has 0 bridgehead atoms. The number of hydrogen-bond acceptors (Lipinski definition) is 2. The van der Waals surface area contributed by atoms with Crippen molar-refractivity contribution in [3.05, 3.63) is 42.1 Å². The van der Waals surface area contributed by atoms with E-state index in [1.54, 1.807) is 13.2 Å². The molecule has 1 heterocycles. The SMILES string of the molecule is CNC(=O)NCc1ccc2ncccc2c1. The molecule has 0 saturated carbocycles. The molecule has 0 spiro atoms. The molecule has 1 aromatic carbocycles. The predicted octanol–water partition coefficient (Wildman–Crippen LogP) is 1.66. The highest BCUT2D eigenvalue weighted by Gasteiger charge is 1.99. The van der Waals surface area contributed by atoms with Crippen LogP contribution in [0.25, 0.3) is 10.9 Å². The van der Waals surface area contributed by atoms with Gasteiger partial charge in [-0.25, -0.2) is 4.79 Å². The number of fused-ring (bicyclic) bond motifs is 1. The summed E-state index contributed by atoms with van der Waals surface area (Å²) in [5, 5.41) is 6.33. The van der Waals surface area contributed by atoms with Crippen molar-refractivity contribution in [2.75, 3.05) is 7.05 Å². The summed E-state index contributed by atoms with van der Waals surface area (Å²) < 4.78 is 0. The Morgan fingerprint density at radius 1 is 1.38 bits per heavy atom. The van der Waals surface area contributed by atoms with E-state index in [-0.39, 0.29) is 6.03 Å². The molecule has 82 valence electrons. The zero-order chi connectivity index (χ0) is 11.4. The van der Waals surface area contributed by atoms with Gasteiger partial charge in [-0.1, -0.05) is 12.1 Å². The number of carbonyl (C=O) groups excluding carboxylic acids is 1. The number of nitrogens with one attached hydrogen (secondary N) is 2. The highest BCUT2D eigenvalue weighted by molar-refractivity contribution is 5.79. The van der Waals surface area contributed by atoms with E-state index in [2.05, 4.69) is 15.6 Å². The molecular formula is C12H13N3O. The van der Waals surface area contributed by atoms with Gasteiger partial charge in [-0.2, -0.15) is 0 Å². The first-order chi connectivity index (χ1) is 7.79. The van der Waals surface area contributed by atoms with Crippen LogP contribution in [0.5, 0.6) is 0 Å². The minimum Gasteiger partial charge on any atom is -0.341 e. The summed E-state index contributed by atoms with van der Waals surface area (Å²) in [5.74, 6) is 0. The Labute approximate surface area is 93.7 Å². The van der Waals surface area contributed by atoms with Crippen molar-refractivity contribution in [1.29, 1.82) is 0 Å². The number of aromatic nitrogens is 1. The van der Waals surface area contributed by atoms with Crippen molar-refractivity contribution in [3.63, 3.8) is 0 Å². The number of benzene rings is 1. The van der Waals surface area contributed by atoms with Crippen LogP contribution < -0.4 is 10.6 Å². The second-order valence-electron chi connectivity index (χ2n) is 3.46. The van der Waals surface area contributed by atoms with Crippen LogP contribution in [0.2, 0.25) is 0 Å². The molecule has 16 heavy (non-hydrogen) atoms. The first-order valence-electron chi connectivity index (χ1n) is 5.09. The molecule has 1 aromatic heterocycles. The summed E-state index contributed by atoms with van der Waals surface area (Å²) in [6.45, 7) is 0.518. The summed E-state index contributed by atoms with van der Waals surface area (Å²) in [4.78, 5) is 15.2. The molecular weight excluding hydrogens is 202 g/mol. The minimum atomic E-state index is -0.175. The molecule has 0 fully saturated rings. The zero-order valence-corrected chi connectivity index (χ0v) is 9.03. The molecule has 0 aliphatic carbocycles. The maximum absolute atomic E-state index is 11.0. The number of rotatable bonds is 2. The normalized spacial score (nSPS) is 10.1. The Bertz CT molecular complexity index is 510. The lowest BCUT2D eigenvalue weighted by Crippen LogP contribution is -2.32. The van der Waals surface area contributed by atoms with Crippen LogP contribution >= 0.6 is 0 Å². The van der Waals surface area contributed by atoms with Gasteiger partial charge in [0.1, 0.15) is 0 Å². The zero-order valence-electron chi connectivity index (χ0n) is 9.03. The quantitative estimate of drug-likeness (QED) is 0.800. The molecule has 0 saturated heterocycles. The molecule has 0 atom stereocenters. The van der Waals surface area contributed by atoms with Gasteiger partial charge in [-0.05, 0) is 23.8 Å². The lowest BCUT2D eigenvalue weighted by molar-refractivity contribution is 0.242. The number of urea groups is 1. The molecule has 4 heteroatoms. The number of nitrogens with zero attached hydrogens (tertiary/aromatic N) is 1. The molecule has 2 aromatic rings. The summed E-state index contributed by atoms with van der Waals surface area (Å²) in [7, 11) is 1.60. The topological polar surface area (TPSA) is 54.0 Å². The van der Waals surface area contributed by atoms with Gasteiger partial charge in [0.2, 0.25) is 0 Å². The van der Waals surface area contributed by atoms with E-state index in [4.69, 9.17) is 0 Å². The van der Waals surface area contributed by atoms with Gasteiger partial charge in [0.05, 0.1) is 5.52 Å². The van der Waals surface area contributed by atoms with Gasteiger partial charge in [0, 0.05) is 25.2 Å². The fourth-order valence-corrected chi connectivity index (χ4v) is 1.51. The van der Waals surface area contributed by atoms with Gasteiger partial charge >= 0.3 is 6.03 Å². The summed E-state index contributed by atoms with van der Waals surface area (Å²) >= 11 is 0. The van der Waals surface area contributed by atoms with Crippen molar-refractivity contribution in [1.82, 2.24) is 15.6 Å². The average Bonchev–Trinajstić information content (AvgIpc) is 2.35. The van der Waals surface area contributed by atoms with Gasteiger partial charge in [-0.15, -0.1) is 0 Å². The summed E-state index contributed by atoms with van der Waals surface area (Å²) in [6, 6.07) is 9.68. The van der Waals surface area contributed by atoms with E-state index < -0.39 is 0 Å². The van der Waals surface area contributed by atoms with E-state index in [9.17, 15) is 4.79 Å². The predicted molar refractivity (Wildman–Crippen MR) is 63.0 cm³/mol. The molecule has 2 N–H and O–H groups in total. The maximum atomic E-state index is 11.0. The van der Waals surface area contributed by atoms with E-state index in [1.165, 1.54) is 0 Å². The second kappa shape index (κ2) is 4.61. The average molecular weight is 215 g/mol. The fraction of sp³-hybridized carbons (Fsp3) is 0.167. The second-order valence-corrected chi connectivity index (χ2v) is 3.46. The number of hydrogen-bond donors (Lipinski definition) is 2. The number of carbonyl (C=O) groups is 1. The third kappa shape index (κ3) is 2.28. The summed E-state index contributed by atoms with van der Waals surface area (Å²) in [6.07, 6.45) is 1.77. The largest absolute Gasteiger partial charge is 0.341 e. The van der Waals surface area contributed by atoms with Crippen LogP contribution in [-0.4, -0.2) is 18.1 Å². The van der Waals surface area contributed by atoms with Crippen LogP contribution in [0.4, 0.5) is 4.79 Å². The van der Waals surface area contributed by atoms with Crippen LogP contribution in [0.15, 0.2) is 36.5 Å². The molecule has 2 rings (SSSR count). The lowest BCUT2D eigenvalue weighted by Gasteiger charge is -2.05. The standard InChI is InChI=1S/C12H13N3O/c1-13-12(16)15-8-9-4-5-11-10(7-9)3-2-6-14-11/h2-7H,8H2,1H3,(H2,13,15,16). The Morgan fingerprint density at radius 2 is 2.25 bits per heavy atom. The van der Waals surface area contributed by atoms with Crippen molar-refractivity contribution >= 4 is 16.9 Å². The van der Waals surface area contributed by atoms with E-state index >= 15 is 0 Å². The Morgan fingerprint density at radius 3 is 3.06 bits per heavy atom. The molecule has 2 amide bonds.